The lowest BCUT2D eigenvalue weighted by molar-refractivity contribution is -0.121. The average molecular weight is 429 g/mol. The highest BCUT2D eigenvalue weighted by Crippen LogP contribution is 2.26. The van der Waals surface area contributed by atoms with E-state index in [-0.39, 0.29) is 23.4 Å². The van der Waals surface area contributed by atoms with E-state index in [0.717, 1.165) is 25.9 Å². The van der Waals surface area contributed by atoms with Gasteiger partial charge in [-0.2, -0.15) is 4.31 Å². The number of nitrogens with zero attached hydrogens (tertiary/aromatic N) is 1. The molecule has 0 radical (unpaired) electrons. The molecule has 0 bridgehead atoms. The monoisotopic (exact) mass is 428 g/mol. The third-order valence-corrected chi connectivity index (χ3v) is 7.56. The number of amides is 1. The smallest absolute Gasteiger partial charge is 0.243 e. The van der Waals surface area contributed by atoms with Crippen molar-refractivity contribution in [2.75, 3.05) is 13.6 Å². The summed E-state index contributed by atoms with van der Waals surface area (Å²) >= 11 is 1.55. The summed E-state index contributed by atoms with van der Waals surface area (Å²) < 4.78 is 26.8. The maximum Gasteiger partial charge on any atom is 0.243 e. The van der Waals surface area contributed by atoms with Crippen LogP contribution in [0.15, 0.2) is 70.9 Å². The summed E-state index contributed by atoms with van der Waals surface area (Å²) in [4.78, 5) is 13.9. The highest BCUT2D eigenvalue weighted by atomic mass is 32.2. The van der Waals surface area contributed by atoms with Crippen molar-refractivity contribution in [1.29, 1.82) is 0 Å². The van der Waals surface area contributed by atoms with Gasteiger partial charge in [-0.25, -0.2) is 8.42 Å². The van der Waals surface area contributed by atoms with Crippen LogP contribution in [0.2, 0.25) is 0 Å². The van der Waals surface area contributed by atoms with Gasteiger partial charge in [-0.15, -0.1) is 11.3 Å². The summed E-state index contributed by atoms with van der Waals surface area (Å²) in [5, 5.41) is 4.93. The van der Waals surface area contributed by atoms with Crippen LogP contribution >= 0.6 is 11.3 Å². The highest BCUT2D eigenvalue weighted by Gasteiger charge is 2.25. The molecule has 29 heavy (non-hydrogen) atoms. The van der Waals surface area contributed by atoms with Gasteiger partial charge in [0.15, 0.2) is 0 Å². The predicted molar refractivity (Wildman–Crippen MR) is 116 cm³/mol. The Labute approximate surface area is 176 Å². The second-order valence-corrected chi connectivity index (χ2v) is 9.96. The first-order valence-electron chi connectivity index (χ1n) is 9.20. The molecule has 0 spiro atoms. The predicted octanol–water partition coefficient (Wildman–Crippen LogP) is 3.89. The largest absolute Gasteiger partial charge is 0.343 e. The normalized spacial score (nSPS) is 12.7. The van der Waals surface area contributed by atoms with Gasteiger partial charge in [0.05, 0.1) is 17.5 Å². The molecule has 0 aliphatic carbocycles. The molecule has 0 aliphatic heterocycles. The van der Waals surface area contributed by atoms with Crippen molar-refractivity contribution in [1.82, 2.24) is 9.62 Å². The maximum atomic E-state index is 12.9. The molecule has 0 saturated heterocycles. The molecule has 1 atom stereocenters. The number of carbonyl (C=O) groups is 1. The van der Waals surface area contributed by atoms with Crippen molar-refractivity contribution in [2.24, 2.45) is 0 Å². The van der Waals surface area contributed by atoms with Gasteiger partial charge < -0.3 is 5.32 Å². The molecule has 5 nitrogen and oxygen atoms in total. The number of sulfonamides is 1. The van der Waals surface area contributed by atoms with E-state index < -0.39 is 10.0 Å². The van der Waals surface area contributed by atoms with Gasteiger partial charge in [-0.05, 0) is 54.1 Å². The maximum absolute atomic E-state index is 12.9. The minimum atomic E-state index is -3.75. The Balaban J connectivity index is 1.76. The third-order valence-electron chi connectivity index (χ3n) is 4.82. The van der Waals surface area contributed by atoms with Crippen LogP contribution in [0.5, 0.6) is 0 Å². The zero-order valence-corrected chi connectivity index (χ0v) is 18.3. The second-order valence-electron chi connectivity index (χ2n) is 6.93. The fourth-order valence-corrected chi connectivity index (χ4v) is 4.98. The van der Waals surface area contributed by atoms with Gasteiger partial charge in [0.1, 0.15) is 0 Å². The van der Waals surface area contributed by atoms with E-state index in [1.165, 1.54) is 7.05 Å². The highest BCUT2D eigenvalue weighted by molar-refractivity contribution is 7.89. The third kappa shape index (κ3) is 4.93. The first-order chi connectivity index (χ1) is 13.8. The van der Waals surface area contributed by atoms with Crippen LogP contribution < -0.4 is 5.32 Å². The van der Waals surface area contributed by atoms with Crippen LogP contribution in [0, 0.1) is 13.8 Å². The molecular weight excluding hydrogens is 404 g/mol. The number of hydrogen-bond acceptors (Lipinski definition) is 4. The lowest BCUT2D eigenvalue weighted by atomic mass is 10.1. The molecule has 0 saturated carbocycles. The molecule has 1 aromatic heterocycles. The molecule has 1 N–H and O–H groups in total. The van der Waals surface area contributed by atoms with E-state index in [0.29, 0.717) is 0 Å². The van der Waals surface area contributed by atoms with Crippen molar-refractivity contribution in [3.05, 3.63) is 87.6 Å². The summed E-state index contributed by atoms with van der Waals surface area (Å²) in [7, 11) is -2.33. The zero-order chi connectivity index (χ0) is 21.0. The molecule has 0 unspecified atom stereocenters. The number of thiophene rings is 1. The topological polar surface area (TPSA) is 66.5 Å². The number of carbonyl (C=O) groups excluding carboxylic acids is 1. The van der Waals surface area contributed by atoms with Crippen LogP contribution in [0.1, 0.15) is 27.6 Å². The van der Waals surface area contributed by atoms with Crippen molar-refractivity contribution in [2.45, 2.75) is 24.8 Å². The van der Waals surface area contributed by atoms with Gasteiger partial charge in [0.2, 0.25) is 15.9 Å². The van der Waals surface area contributed by atoms with E-state index in [2.05, 4.69) is 5.32 Å². The number of benzene rings is 2. The summed E-state index contributed by atoms with van der Waals surface area (Å²) in [6, 6.07) is 18.2. The Morgan fingerprint density at radius 1 is 1.03 bits per heavy atom. The van der Waals surface area contributed by atoms with Crippen molar-refractivity contribution < 1.29 is 13.2 Å². The Kier molecular flexibility index (Phi) is 6.52. The first kappa shape index (κ1) is 21.2. The molecule has 3 rings (SSSR count). The van der Waals surface area contributed by atoms with Gasteiger partial charge in [0.25, 0.3) is 0 Å². The van der Waals surface area contributed by atoms with Gasteiger partial charge in [-0.1, -0.05) is 42.5 Å². The van der Waals surface area contributed by atoms with Crippen LogP contribution in [0.4, 0.5) is 0 Å². The van der Waals surface area contributed by atoms with E-state index >= 15 is 0 Å². The van der Waals surface area contributed by atoms with Crippen LogP contribution in [-0.2, 0) is 14.8 Å². The van der Waals surface area contributed by atoms with Crippen LogP contribution in [0.3, 0.4) is 0 Å². The lowest BCUT2D eigenvalue weighted by Crippen LogP contribution is -2.40. The number of likely N-dealkylation sites (N-methyl/N-ethyl adjacent to an activating group) is 1. The molecule has 7 heteroatoms. The van der Waals surface area contributed by atoms with Gasteiger partial charge in [-0.3, -0.25) is 4.79 Å². The van der Waals surface area contributed by atoms with Gasteiger partial charge >= 0.3 is 0 Å². The Hall–Kier alpha value is -2.48. The summed E-state index contributed by atoms with van der Waals surface area (Å²) in [6.45, 7) is 3.54. The van der Waals surface area contributed by atoms with E-state index in [4.69, 9.17) is 0 Å². The zero-order valence-electron chi connectivity index (χ0n) is 16.6. The Morgan fingerprint density at radius 3 is 2.38 bits per heavy atom. The van der Waals surface area contributed by atoms with E-state index in [1.54, 1.807) is 29.5 Å². The minimum Gasteiger partial charge on any atom is -0.343 e. The van der Waals surface area contributed by atoms with Crippen molar-refractivity contribution in [3.63, 3.8) is 0 Å². The summed E-state index contributed by atoms with van der Waals surface area (Å²) in [5.41, 5.74) is 2.86. The second kappa shape index (κ2) is 8.90. The number of nitrogens with one attached hydrogen (secondary N) is 1. The molecule has 2 aromatic carbocycles. The summed E-state index contributed by atoms with van der Waals surface area (Å²) in [6.07, 6.45) is 0. The number of aryl methyl sites for hydroxylation is 2. The quantitative estimate of drug-likeness (QED) is 0.621. The van der Waals surface area contributed by atoms with E-state index in [9.17, 15) is 13.2 Å². The molecule has 1 heterocycles. The number of rotatable bonds is 7. The first-order valence-corrected chi connectivity index (χ1v) is 11.5. The molecule has 3 aromatic rings. The molecule has 1 amide bonds. The van der Waals surface area contributed by atoms with Crippen molar-refractivity contribution >= 4 is 27.3 Å². The van der Waals surface area contributed by atoms with Crippen LogP contribution in [-0.4, -0.2) is 32.2 Å². The molecule has 0 fully saturated rings. The van der Waals surface area contributed by atoms with Crippen LogP contribution in [0.25, 0.3) is 0 Å². The standard InChI is InChI=1S/C22H24N2O3S2/c1-16-11-12-19(14-17(16)2)29(26,27)24(3)15-21(25)23-22(20-10-7-13-28-20)18-8-5-4-6-9-18/h4-14,22H,15H2,1-3H3,(H,23,25)/t22-/m1/s1. The average Bonchev–Trinajstić information content (AvgIpc) is 3.23. The molecule has 152 valence electrons. The fraction of sp³-hybridized carbons (Fsp3) is 0.227. The van der Waals surface area contributed by atoms with Crippen molar-refractivity contribution in [3.8, 4) is 0 Å². The Bertz CT molecular complexity index is 1080. The fourth-order valence-electron chi connectivity index (χ4n) is 2.97. The molecule has 0 aliphatic rings. The van der Waals surface area contributed by atoms with Gasteiger partial charge in [0, 0.05) is 11.9 Å². The lowest BCUT2D eigenvalue weighted by Gasteiger charge is -2.21. The SMILES string of the molecule is Cc1ccc(S(=O)(=O)N(C)CC(=O)N[C@H](c2ccccc2)c2cccs2)cc1C. The minimum absolute atomic E-state index is 0.189. The molecular formula is C22H24N2O3S2. The Morgan fingerprint density at radius 2 is 1.76 bits per heavy atom. The number of hydrogen-bond donors (Lipinski definition) is 1. The summed E-state index contributed by atoms with van der Waals surface area (Å²) in [5.74, 6) is -0.359. The van der Waals surface area contributed by atoms with E-state index in [1.807, 2.05) is 61.7 Å².